The summed E-state index contributed by atoms with van der Waals surface area (Å²) < 4.78 is 24.7. The van der Waals surface area contributed by atoms with Crippen LogP contribution in [0.1, 0.15) is 0 Å². The van der Waals surface area contributed by atoms with E-state index < -0.39 is 5.82 Å². The summed E-state index contributed by atoms with van der Waals surface area (Å²) in [5.74, 6) is 0.175. The Morgan fingerprint density at radius 1 is 1.00 bits per heavy atom. The summed E-state index contributed by atoms with van der Waals surface area (Å²) in [6, 6.07) is 13.4. The second-order valence-electron chi connectivity index (χ2n) is 5.11. The number of hydrogen-bond donors (Lipinski definition) is 0. The molecule has 0 N–H and O–H groups in total. The third-order valence-electron chi connectivity index (χ3n) is 3.81. The summed E-state index contributed by atoms with van der Waals surface area (Å²) in [7, 11) is 1.59. The van der Waals surface area contributed by atoms with Crippen LogP contribution in [-0.2, 0) is 0 Å². The highest BCUT2D eigenvalue weighted by molar-refractivity contribution is 5.99. The average Bonchev–Trinajstić information content (AvgIpc) is 2.54. The number of rotatable bonds is 1. The van der Waals surface area contributed by atoms with E-state index >= 15 is 0 Å². The van der Waals surface area contributed by atoms with Gasteiger partial charge >= 0.3 is 0 Å². The molecule has 0 unspecified atom stereocenters. The fourth-order valence-electron chi connectivity index (χ4n) is 2.69. The zero-order valence-electron chi connectivity index (χ0n) is 11.7. The van der Waals surface area contributed by atoms with Crippen molar-refractivity contribution in [2.24, 2.45) is 0 Å². The number of methoxy groups -OCH3 is 1. The fraction of sp³-hybridized carbons (Fsp3) is 0.0556. The Morgan fingerprint density at radius 3 is 2.68 bits per heavy atom. The molecule has 0 atom stereocenters. The van der Waals surface area contributed by atoms with Gasteiger partial charge in [0.15, 0.2) is 11.4 Å². The van der Waals surface area contributed by atoms with E-state index in [9.17, 15) is 9.18 Å². The highest BCUT2D eigenvalue weighted by Gasteiger charge is 2.12. The first-order chi connectivity index (χ1) is 10.7. The maximum absolute atomic E-state index is 13.9. The van der Waals surface area contributed by atoms with E-state index in [1.165, 1.54) is 12.1 Å². The molecular weight excluding hydrogens is 283 g/mol. The van der Waals surface area contributed by atoms with Crippen LogP contribution in [-0.4, -0.2) is 7.11 Å². The Labute approximate surface area is 124 Å². The number of fused-ring (bicyclic) bond motifs is 3. The SMILES string of the molecule is COc1ccc2cc3oc4c(F)cccc4c(=O)c3cc2c1. The lowest BCUT2D eigenvalue weighted by atomic mass is 10.1. The van der Waals surface area contributed by atoms with Gasteiger partial charge in [-0.2, -0.15) is 0 Å². The van der Waals surface area contributed by atoms with E-state index in [0.29, 0.717) is 16.7 Å². The number of benzene rings is 3. The van der Waals surface area contributed by atoms with Crippen LogP contribution in [0.2, 0.25) is 0 Å². The van der Waals surface area contributed by atoms with Crippen LogP contribution < -0.4 is 10.2 Å². The van der Waals surface area contributed by atoms with Crippen LogP contribution in [0.4, 0.5) is 4.39 Å². The summed E-state index contributed by atoms with van der Waals surface area (Å²) in [5, 5.41) is 2.44. The van der Waals surface area contributed by atoms with E-state index in [1.54, 1.807) is 25.3 Å². The van der Waals surface area contributed by atoms with Crippen LogP contribution in [0.5, 0.6) is 5.75 Å². The molecule has 3 nitrogen and oxygen atoms in total. The molecule has 1 aromatic heterocycles. The lowest BCUT2D eigenvalue weighted by Gasteiger charge is -2.06. The molecule has 0 saturated carbocycles. The summed E-state index contributed by atoms with van der Waals surface area (Å²) in [4.78, 5) is 12.6. The third kappa shape index (κ3) is 1.77. The lowest BCUT2D eigenvalue weighted by molar-refractivity contribution is 0.415. The number of hydrogen-bond acceptors (Lipinski definition) is 3. The zero-order valence-corrected chi connectivity index (χ0v) is 11.7. The standard InChI is InChI=1S/C18H11FO3/c1-21-12-6-5-10-9-16-14(8-11(10)7-12)17(20)13-3-2-4-15(19)18(13)22-16/h2-9H,1H3. The van der Waals surface area contributed by atoms with Crippen molar-refractivity contribution in [2.45, 2.75) is 0 Å². The van der Waals surface area contributed by atoms with Crippen molar-refractivity contribution in [3.8, 4) is 5.75 Å². The second-order valence-corrected chi connectivity index (χ2v) is 5.11. The normalized spacial score (nSPS) is 11.4. The molecule has 0 aliphatic rings. The number of para-hydroxylation sites is 1. The van der Waals surface area contributed by atoms with Crippen LogP contribution in [0.15, 0.2) is 57.7 Å². The van der Waals surface area contributed by atoms with Gasteiger partial charge in [0.2, 0.25) is 5.43 Å². The van der Waals surface area contributed by atoms with Gasteiger partial charge in [-0.3, -0.25) is 4.79 Å². The van der Waals surface area contributed by atoms with Crippen molar-refractivity contribution in [2.75, 3.05) is 7.11 Å². The quantitative estimate of drug-likeness (QED) is 0.493. The molecule has 4 heteroatoms. The molecule has 4 aromatic rings. The van der Waals surface area contributed by atoms with E-state index in [2.05, 4.69) is 0 Å². The molecule has 4 rings (SSSR count). The van der Waals surface area contributed by atoms with Crippen molar-refractivity contribution < 1.29 is 13.5 Å². The van der Waals surface area contributed by atoms with E-state index in [1.807, 2.05) is 18.2 Å². The minimum Gasteiger partial charge on any atom is -0.497 e. The third-order valence-corrected chi connectivity index (χ3v) is 3.81. The number of ether oxygens (including phenoxy) is 1. The lowest BCUT2D eigenvalue weighted by Crippen LogP contribution is -2.03. The Kier molecular flexibility index (Phi) is 2.66. The van der Waals surface area contributed by atoms with Crippen LogP contribution in [0.25, 0.3) is 32.7 Å². The Balaban J connectivity index is 2.19. The molecule has 1 heterocycles. The molecule has 3 aromatic carbocycles. The Bertz CT molecular complexity index is 1100. The molecule has 0 amide bonds. The van der Waals surface area contributed by atoms with Gasteiger partial charge in [0.25, 0.3) is 0 Å². The molecule has 0 bridgehead atoms. The van der Waals surface area contributed by atoms with Crippen molar-refractivity contribution in [3.63, 3.8) is 0 Å². The van der Waals surface area contributed by atoms with Crippen LogP contribution in [0.3, 0.4) is 0 Å². The minimum absolute atomic E-state index is 0.00661. The van der Waals surface area contributed by atoms with Gasteiger partial charge in [0.05, 0.1) is 17.9 Å². The average molecular weight is 294 g/mol. The van der Waals surface area contributed by atoms with Gasteiger partial charge < -0.3 is 9.15 Å². The molecule has 0 radical (unpaired) electrons. The first-order valence-corrected chi connectivity index (χ1v) is 6.80. The topological polar surface area (TPSA) is 39.4 Å². The zero-order chi connectivity index (χ0) is 15.3. The maximum atomic E-state index is 13.9. The van der Waals surface area contributed by atoms with Gasteiger partial charge in [-0.1, -0.05) is 12.1 Å². The summed E-state index contributed by atoms with van der Waals surface area (Å²) in [6.07, 6.45) is 0. The van der Waals surface area contributed by atoms with Crippen LogP contribution in [0, 0.1) is 5.82 Å². The maximum Gasteiger partial charge on any atom is 0.200 e. The smallest absolute Gasteiger partial charge is 0.200 e. The predicted octanol–water partition coefficient (Wildman–Crippen LogP) is 4.25. The van der Waals surface area contributed by atoms with Crippen LogP contribution >= 0.6 is 0 Å². The van der Waals surface area contributed by atoms with Crippen molar-refractivity contribution in [3.05, 3.63) is 64.6 Å². The van der Waals surface area contributed by atoms with Crippen molar-refractivity contribution >= 4 is 32.7 Å². The molecule has 22 heavy (non-hydrogen) atoms. The highest BCUT2D eigenvalue weighted by Crippen LogP contribution is 2.27. The van der Waals surface area contributed by atoms with Gasteiger partial charge in [-0.15, -0.1) is 0 Å². The molecule has 108 valence electrons. The largest absolute Gasteiger partial charge is 0.497 e. The van der Waals surface area contributed by atoms with Gasteiger partial charge in [-0.05, 0) is 47.2 Å². The van der Waals surface area contributed by atoms with Gasteiger partial charge in [-0.25, -0.2) is 4.39 Å². The first kappa shape index (κ1) is 12.8. The number of halogens is 1. The fourth-order valence-corrected chi connectivity index (χ4v) is 2.69. The van der Waals surface area contributed by atoms with Gasteiger partial charge in [0.1, 0.15) is 11.3 Å². The first-order valence-electron chi connectivity index (χ1n) is 6.80. The molecule has 0 spiro atoms. The minimum atomic E-state index is -0.536. The summed E-state index contributed by atoms with van der Waals surface area (Å²) in [5.41, 5.74) is 0.133. The van der Waals surface area contributed by atoms with Crippen molar-refractivity contribution in [1.29, 1.82) is 0 Å². The van der Waals surface area contributed by atoms with Crippen molar-refractivity contribution in [1.82, 2.24) is 0 Å². The highest BCUT2D eigenvalue weighted by atomic mass is 19.1. The summed E-state index contributed by atoms with van der Waals surface area (Å²) >= 11 is 0. The molecule has 0 saturated heterocycles. The Morgan fingerprint density at radius 2 is 1.86 bits per heavy atom. The summed E-state index contributed by atoms with van der Waals surface area (Å²) in [6.45, 7) is 0. The second kappa shape index (κ2) is 4.56. The molecule has 0 fully saturated rings. The van der Waals surface area contributed by atoms with E-state index in [-0.39, 0.29) is 16.4 Å². The molecule has 0 aliphatic heterocycles. The molecular formula is C18H11FO3. The molecule has 0 aliphatic carbocycles. The van der Waals surface area contributed by atoms with Gasteiger partial charge in [0, 0.05) is 0 Å². The monoisotopic (exact) mass is 294 g/mol. The van der Waals surface area contributed by atoms with E-state index in [4.69, 9.17) is 9.15 Å². The Hall–Kier alpha value is -2.88. The predicted molar refractivity (Wildman–Crippen MR) is 84.0 cm³/mol. The van der Waals surface area contributed by atoms with E-state index in [0.717, 1.165) is 10.8 Å².